The molecule has 0 radical (unpaired) electrons. The molecule has 2 heterocycles. The molecule has 0 fully saturated rings. The van der Waals surface area contributed by atoms with Crippen molar-refractivity contribution in [1.82, 2.24) is 9.55 Å². The highest BCUT2D eigenvalue weighted by Gasteiger charge is 2.33. The Morgan fingerprint density at radius 1 is 0.952 bits per heavy atom. The van der Waals surface area contributed by atoms with E-state index in [1.165, 1.54) is 10.6 Å². The molecule has 3 aromatic rings. The molecule has 1 aliphatic heterocycles. The summed E-state index contributed by atoms with van der Waals surface area (Å²) in [5.74, 6) is 1.05. The molecule has 0 aliphatic carbocycles. The van der Waals surface area contributed by atoms with Crippen LogP contribution in [-0.2, 0) is 0 Å². The SMILES string of the molecule is CN1c2ncn(-c3ccccc3)c2SC1c1ccccc1. The molecular formula is C17H15N3S. The zero-order valence-electron chi connectivity index (χ0n) is 11.7. The van der Waals surface area contributed by atoms with Crippen molar-refractivity contribution in [2.24, 2.45) is 0 Å². The van der Waals surface area contributed by atoms with Crippen molar-refractivity contribution in [2.75, 3.05) is 11.9 Å². The lowest BCUT2D eigenvalue weighted by atomic mass is 10.2. The molecule has 0 bridgehead atoms. The normalized spacial score (nSPS) is 17.0. The number of rotatable bonds is 2. The van der Waals surface area contributed by atoms with Gasteiger partial charge < -0.3 is 4.90 Å². The molecule has 0 spiro atoms. The average Bonchev–Trinajstić information content (AvgIpc) is 3.10. The quantitative estimate of drug-likeness (QED) is 0.709. The Balaban J connectivity index is 1.74. The van der Waals surface area contributed by atoms with E-state index in [1.807, 2.05) is 24.2 Å². The Bertz CT molecular complexity index is 752. The summed E-state index contributed by atoms with van der Waals surface area (Å²) in [6.07, 6.45) is 1.91. The predicted octanol–water partition coefficient (Wildman–Crippen LogP) is 4.11. The van der Waals surface area contributed by atoms with E-state index in [1.54, 1.807) is 0 Å². The second-order valence-electron chi connectivity index (χ2n) is 5.07. The third-order valence-corrected chi connectivity index (χ3v) is 5.15. The number of thioether (sulfide) groups is 1. The predicted molar refractivity (Wildman–Crippen MR) is 87.0 cm³/mol. The first kappa shape index (κ1) is 12.5. The van der Waals surface area contributed by atoms with Crippen LogP contribution in [0.25, 0.3) is 5.69 Å². The zero-order valence-corrected chi connectivity index (χ0v) is 12.5. The first-order valence-electron chi connectivity index (χ1n) is 6.92. The first-order chi connectivity index (χ1) is 10.3. The zero-order chi connectivity index (χ0) is 14.2. The van der Waals surface area contributed by atoms with Crippen LogP contribution in [0.4, 0.5) is 5.82 Å². The van der Waals surface area contributed by atoms with Crippen molar-refractivity contribution in [1.29, 1.82) is 0 Å². The summed E-state index contributed by atoms with van der Waals surface area (Å²) in [5, 5.41) is 1.50. The maximum absolute atomic E-state index is 4.60. The van der Waals surface area contributed by atoms with Crippen molar-refractivity contribution in [3.63, 3.8) is 0 Å². The molecule has 1 aliphatic rings. The Kier molecular flexibility index (Phi) is 2.97. The Morgan fingerprint density at radius 3 is 2.33 bits per heavy atom. The van der Waals surface area contributed by atoms with Crippen molar-refractivity contribution in [3.8, 4) is 5.69 Å². The van der Waals surface area contributed by atoms with Crippen molar-refractivity contribution in [3.05, 3.63) is 72.6 Å². The van der Waals surface area contributed by atoms with Gasteiger partial charge >= 0.3 is 0 Å². The number of imidazole rings is 1. The first-order valence-corrected chi connectivity index (χ1v) is 7.80. The molecule has 2 aromatic carbocycles. The van der Waals surface area contributed by atoms with Crippen molar-refractivity contribution >= 4 is 17.6 Å². The van der Waals surface area contributed by atoms with Gasteiger partial charge in [-0.3, -0.25) is 4.57 Å². The molecular weight excluding hydrogens is 278 g/mol. The number of hydrogen-bond donors (Lipinski definition) is 0. The molecule has 1 unspecified atom stereocenters. The topological polar surface area (TPSA) is 21.1 Å². The number of anilines is 1. The van der Waals surface area contributed by atoms with Gasteiger partial charge in [-0.05, 0) is 17.7 Å². The fraction of sp³-hybridized carbons (Fsp3) is 0.118. The van der Waals surface area contributed by atoms with Gasteiger partial charge in [0.25, 0.3) is 0 Å². The molecule has 4 rings (SSSR count). The molecule has 0 amide bonds. The van der Waals surface area contributed by atoms with Crippen LogP contribution < -0.4 is 4.90 Å². The van der Waals surface area contributed by atoms with Crippen molar-refractivity contribution in [2.45, 2.75) is 10.4 Å². The van der Waals surface area contributed by atoms with Crippen LogP contribution >= 0.6 is 11.8 Å². The maximum atomic E-state index is 4.60. The summed E-state index contributed by atoms with van der Waals surface area (Å²) in [5.41, 5.74) is 2.46. The highest BCUT2D eigenvalue weighted by molar-refractivity contribution is 8.00. The minimum Gasteiger partial charge on any atom is -0.341 e. The van der Waals surface area contributed by atoms with E-state index in [0.717, 1.165) is 11.5 Å². The van der Waals surface area contributed by atoms with E-state index in [-0.39, 0.29) is 0 Å². The van der Waals surface area contributed by atoms with E-state index in [2.05, 4.69) is 76.1 Å². The van der Waals surface area contributed by atoms with Gasteiger partial charge in [-0.1, -0.05) is 60.3 Å². The summed E-state index contributed by atoms with van der Waals surface area (Å²) < 4.78 is 2.17. The van der Waals surface area contributed by atoms with Gasteiger partial charge in [0.05, 0.1) is 0 Å². The van der Waals surface area contributed by atoms with Crippen LogP contribution in [0.1, 0.15) is 10.9 Å². The highest BCUT2D eigenvalue weighted by Crippen LogP contribution is 2.50. The molecule has 1 atom stereocenters. The second kappa shape index (κ2) is 4.97. The Hall–Kier alpha value is -2.20. The fourth-order valence-corrected chi connectivity index (χ4v) is 3.99. The van der Waals surface area contributed by atoms with Crippen LogP contribution in [0.15, 0.2) is 72.0 Å². The van der Waals surface area contributed by atoms with Gasteiger partial charge in [0.15, 0.2) is 5.82 Å². The smallest absolute Gasteiger partial charge is 0.162 e. The number of nitrogens with zero attached hydrogens (tertiary/aromatic N) is 3. The molecule has 0 N–H and O–H groups in total. The lowest BCUT2D eigenvalue weighted by Crippen LogP contribution is -2.17. The fourth-order valence-electron chi connectivity index (χ4n) is 2.66. The Labute approximate surface area is 128 Å². The second-order valence-corrected chi connectivity index (χ2v) is 6.14. The minimum absolute atomic E-state index is 0.292. The molecule has 21 heavy (non-hydrogen) atoms. The van der Waals surface area contributed by atoms with Crippen LogP contribution in [0, 0.1) is 0 Å². The third-order valence-electron chi connectivity index (χ3n) is 3.73. The summed E-state index contributed by atoms with van der Waals surface area (Å²) in [7, 11) is 2.11. The summed E-state index contributed by atoms with van der Waals surface area (Å²) in [6, 6.07) is 20.9. The minimum atomic E-state index is 0.292. The largest absolute Gasteiger partial charge is 0.341 e. The van der Waals surface area contributed by atoms with Gasteiger partial charge in [-0.2, -0.15) is 0 Å². The van der Waals surface area contributed by atoms with E-state index in [4.69, 9.17) is 0 Å². The standard InChI is InChI=1S/C17H15N3S/c1-19-15-17(21-16(19)13-8-4-2-5-9-13)20(12-18-15)14-10-6-3-7-11-14/h2-12,16H,1H3. The third kappa shape index (κ3) is 2.03. The van der Waals surface area contributed by atoms with Gasteiger partial charge in [-0.15, -0.1) is 0 Å². The highest BCUT2D eigenvalue weighted by atomic mass is 32.2. The lowest BCUT2D eigenvalue weighted by molar-refractivity contribution is 0.895. The van der Waals surface area contributed by atoms with Gasteiger partial charge in [0.1, 0.15) is 16.7 Å². The van der Waals surface area contributed by atoms with Crippen molar-refractivity contribution < 1.29 is 0 Å². The maximum Gasteiger partial charge on any atom is 0.162 e. The van der Waals surface area contributed by atoms with Gasteiger partial charge in [-0.25, -0.2) is 4.98 Å². The number of hydrogen-bond acceptors (Lipinski definition) is 3. The van der Waals surface area contributed by atoms with Crippen LogP contribution in [0.2, 0.25) is 0 Å². The van der Waals surface area contributed by atoms with E-state index in [0.29, 0.717) is 5.37 Å². The van der Waals surface area contributed by atoms with Crippen LogP contribution in [0.3, 0.4) is 0 Å². The summed E-state index contributed by atoms with van der Waals surface area (Å²) in [6.45, 7) is 0. The van der Waals surface area contributed by atoms with Crippen LogP contribution in [-0.4, -0.2) is 16.6 Å². The number of benzene rings is 2. The summed E-state index contributed by atoms with van der Waals surface area (Å²) in [4.78, 5) is 6.84. The van der Waals surface area contributed by atoms with Crippen LogP contribution in [0.5, 0.6) is 0 Å². The van der Waals surface area contributed by atoms with Gasteiger partial charge in [0, 0.05) is 12.7 Å². The van der Waals surface area contributed by atoms with E-state index in [9.17, 15) is 0 Å². The molecule has 0 saturated heterocycles. The summed E-state index contributed by atoms with van der Waals surface area (Å²) >= 11 is 1.85. The van der Waals surface area contributed by atoms with E-state index >= 15 is 0 Å². The molecule has 4 heteroatoms. The number of para-hydroxylation sites is 1. The number of aromatic nitrogens is 2. The average molecular weight is 293 g/mol. The monoisotopic (exact) mass is 293 g/mol. The number of fused-ring (bicyclic) bond motifs is 1. The molecule has 0 saturated carbocycles. The van der Waals surface area contributed by atoms with Gasteiger partial charge in [0.2, 0.25) is 0 Å². The molecule has 3 nitrogen and oxygen atoms in total. The van der Waals surface area contributed by atoms with E-state index < -0.39 is 0 Å². The Morgan fingerprint density at radius 2 is 1.62 bits per heavy atom. The molecule has 104 valence electrons. The molecule has 1 aromatic heterocycles. The lowest BCUT2D eigenvalue weighted by Gasteiger charge is -2.20.